The van der Waals surface area contributed by atoms with E-state index in [1.807, 2.05) is 0 Å². The number of methoxy groups -OCH3 is 1. The van der Waals surface area contributed by atoms with Crippen molar-refractivity contribution in [1.82, 2.24) is 10.2 Å². The predicted octanol–water partition coefficient (Wildman–Crippen LogP) is -0.193. The number of nitrogens with one attached hydrogen (secondary N) is 1. The van der Waals surface area contributed by atoms with Crippen molar-refractivity contribution < 1.29 is 9.53 Å². The van der Waals surface area contributed by atoms with Gasteiger partial charge in [-0.1, -0.05) is 6.92 Å². The molecule has 1 aliphatic heterocycles. The van der Waals surface area contributed by atoms with E-state index in [4.69, 9.17) is 10.5 Å². The van der Waals surface area contributed by atoms with Crippen LogP contribution in [0.25, 0.3) is 0 Å². The Morgan fingerprint density at radius 1 is 1.65 bits per heavy atom. The Bertz CT molecular complexity index is 248. The maximum atomic E-state index is 11.8. The van der Waals surface area contributed by atoms with Crippen LogP contribution >= 0.6 is 0 Å². The number of carbonyl (C=O) groups excluding carboxylic acids is 1. The van der Waals surface area contributed by atoms with Crippen molar-refractivity contribution in [3.8, 4) is 0 Å². The molecule has 5 nitrogen and oxygen atoms in total. The van der Waals surface area contributed by atoms with Gasteiger partial charge in [-0.2, -0.15) is 0 Å². The average Bonchev–Trinajstić information content (AvgIpc) is 2.29. The van der Waals surface area contributed by atoms with E-state index in [0.29, 0.717) is 18.9 Å². The molecule has 0 aromatic rings. The average molecular weight is 243 g/mol. The molecule has 1 rings (SSSR count). The minimum absolute atomic E-state index is 0.0524. The van der Waals surface area contributed by atoms with Crippen molar-refractivity contribution in [3.05, 3.63) is 0 Å². The second kappa shape index (κ2) is 6.93. The first-order valence-corrected chi connectivity index (χ1v) is 6.28. The van der Waals surface area contributed by atoms with Gasteiger partial charge in [-0.05, 0) is 32.4 Å². The minimum Gasteiger partial charge on any atom is -0.385 e. The number of likely N-dealkylation sites (tertiary alicyclic amines) is 1. The van der Waals surface area contributed by atoms with Gasteiger partial charge >= 0.3 is 0 Å². The topological polar surface area (TPSA) is 67.6 Å². The fourth-order valence-electron chi connectivity index (χ4n) is 2.23. The number of rotatable bonds is 5. The van der Waals surface area contributed by atoms with Crippen LogP contribution in [0.5, 0.6) is 0 Å². The van der Waals surface area contributed by atoms with Gasteiger partial charge in [-0.15, -0.1) is 0 Å². The fraction of sp³-hybridized carbons (Fsp3) is 0.917. The van der Waals surface area contributed by atoms with Crippen LogP contribution in [0, 0.1) is 5.92 Å². The number of piperidine rings is 1. The van der Waals surface area contributed by atoms with E-state index in [9.17, 15) is 4.79 Å². The highest BCUT2D eigenvalue weighted by atomic mass is 16.5. The lowest BCUT2D eigenvalue weighted by atomic mass is 9.94. The van der Waals surface area contributed by atoms with Crippen LogP contribution in [0.15, 0.2) is 0 Å². The normalized spacial score (nSPS) is 27.8. The maximum Gasteiger partial charge on any atom is 0.237 e. The molecule has 3 unspecified atom stereocenters. The summed E-state index contributed by atoms with van der Waals surface area (Å²) < 4.78 is 4.92. The van der Waals surface area contributed by atoms with Gasteiger partial charge in [0.05, 0.1) is 6.04 Å². The van der Waals surface area contributed by atoms with E-state index in [-0.39, 0.29) is 11.9 Å². The SMILES string of the molecule is COCCC(N)C(=O)NC1CCN(C)CC1C. The number of nitrogens with zero attached hydrogens (tertiary/aromatic N) is 1. The summed E-state index contributed by atoms with van der Waals surface area (Å²) in [5.41, 5.74) is 5.79. The van der Waals surface area contributed by atoms with E-state index in [0.717, 1.165) is 19.5 Å². The quantitative estimate of drug-likeness (QED) is 0.702. The molecule has 1 aliphatic rings. The first kappa shape index (κ1) is 14.4. The molecule has 0 spiro atoms. The zero-order chi connectivity index (χ0) is 12.8. The fourth-order valence-corrected chi connectivity index (χ4v) is 2.23. The summed E-state index contributed by atoms with van der Waals surface area (Å²) in [5, 5.41) is 3.05. The summed E-state index contributed by atoms with van der Waals surface area (Å²) in [7, 11) is 3.72. The highest BCUT2D eigenvalue weighted by Gasteiger charge is 2.26. The zero-order valence-corrected chi connectivity index (χ0v) is 11.1. The number of ether oxygens (including phenoxy) is 1. The molecule has 0 aromatic heterocycles. The van der Waals surface area contributed by atoms with E-state index in [1.165, 1.54) is 0 Å². The van der Waals surface area contributed by atoms with Crippen molar-refractivity contribution in [2.45, 2.75) is 31.8 Å². The van der Waals surface area contributed by atoms with Crippen LogP contribution < -0.4 is 11.1 Å². The molecule has 5 heteroatoms. The number of amides is 1. The Morgan fingerprint density at radius 2 is 2.35 bits per heavy atom. The van der Waals surface area contributed by atoms with Crippen LogP contribution in [0.1, 0.15) is 19.8 Å². The molecule has 0 radical (unpaired) electrons. The van der Waals surface area contributed by atoms with E-state index < -0.39 is 6.04 Å². The molecule has 1 heterocycles. The van der Waals surface area contributed by atoms with Crippen LogP contribution in [-0.4, -0.2) is 56.7 Å². The lowest BCUT2D eigenvalue weighted by molar-refractivity contribution is -0.124. The first-order valence-electron chi connectivity index (χ1n) is 6.28. The van der Waals surface area contributed by atoms with Gasteiger partial charge in [0.25, 0.3) is 0 Å². The van der Waals surface area contributed by atoms with Crippen LogP contribution in [0.2, 0.25) is 0 Å². The largest absolute Gasteiger partial charge is 0.385 e. The highest BCUT2D eigenvalue weighted by molar-refractivity contribution is 5.81. The Hall–Kier alpha value is -0.650. The third-order valence-corrected chi connectivity index (χ3v) is 3.41. The highest BCUT2D eigenvalue weighted by Crippen LogP contribution is 2.15. The lowest BCUT2D eigenvalue weighted by Gasteiger charge is -2.35. The molecule has 0 bridgehead atoms. The number of nitrogens with two attached hydrogens (primary N) is 1. The van der Waals surface area contributed by atoms with Crippen molar-refractivity contribution in [1.29, 1.82) is 0 Å². The zero-order valence-electron chi connectivity index (χ0n) is 11.1. The second-order valence-corrected chi connectivity index (χ2v) is 5.03. The summed E-state index contributed by atoms with van der Waals surface area (Å²) >= 11 is 0. The van der Waals surface area contributed by atoms with Crippen molar-refractivity contribution in [2.75, 3.05) is 33.9 Å². The summed E-state index contributed by atoms with van der Waals surface area (Å²) in [6.45, 7) is 4.75. The molecule has 100 valence electrons. The van der Waals surface area contributed by atoms with Gasteiger partial charge < -0.3 is 20.7 Å². The second-order valence-electron chi connectivity index (χ2n) is 5.03. The number of hydrogen-bond donors (Lipinski definition) is 2. The van der Waals surface area contributed by atoms with Crippen molar-refractivity contribution in [3.63, 3.8) is 0 Å². The van der Waals surface area contributed by atoms with E-state index >= 15 is 0 Å². The summed E-state index contributed by atoms with van der Waals surface area (Å²) in [6, 6.07) is -0.200. The number of carbonyl (C=O) groups is 1. The molecule has 1 amide bonds. The van der Waals surface area contributed by atoms with Gasteiger partial charge in [-0.25, -0.2) is 0 Å². The van der Waals surface area contributed by atoms with Gasteiger partial charge in [-0.3, -0.25) is 4.79 Å². The molecule has 0 aromatic carbocycles. The van der Waals surface area contributed by atoms with Crippen LogP contribution in [0.4, 0.5) is 0 Å². The standard InChI is InChI=1S/C12H25N3O2/c1-9-8-15(2)6-4-11(9)14-12(16)10(13)5-7-17-3/h9-11H,4-8,13H2,1-3H3,(H,14,16). The molecule has 1 saturated heterocycles. The monoisotopic (exact) mass is 243 g/mol. The Kier molecular flexibility index (Phi) is 5.88. The maximum absolute atomic E-state index is 11.8. The van der Waals surface area contributed by atoms with Crippen LogP contribution in [-0.2, 0) is 9.53 Å². The van der Waals surface area contributed by atoms with Gasteiger partial charge in [0.15, 0.2) is 0 Å². The minimum atomic E-state index is -0.457. The molecular weight excluding hydrogens is 218 g/mol. The molecule has 0 aliphatic carbocycles. The van der Waals surface area contributed by atoms with Gasteiger partial charge in [0, 0.05) is 26.3 Å². The predicted molar refractivity (Wildman–Crippen MR) is 67.7 cm³/mol. The summed E-state index contributed by atoms with van der Waals surface area (Å²) in [6.07, 6.45) is 1.57. The summed E-state index contributed by atoms with van der Waals surface area (Å²) in [5.74, 6) is 0.427. The van der Waals surface area contributed by atoms with Gasteiger partial charge in [0.2, 0.25) is 5.91 Å². The molecule has 1 fully saturated rings. The Morgan fingerprint density at radius 3 is 2.94 bits per heavy atom. The van der Waals surface area contributed by atoms with Crippen molar-refractivity contribution in [2.24, 2.45) is 11.7 Å². The molecular formula is C12H25N3O2. The Labute approximate surface area is 104 Å². The third-order valence-electron chi connectivity index (χ3n) is 3.41. The smallest absolute Gasteiger partial charge is 0.237 e. The third kappa shape index (κ3) is 4.61. The van der Waals surface area contributed by atoms with E-state index in [1.54, 1.807) is 7.11 Å². The van der Waals surface area contributed by atoms with Crippen LogP contribution in [0.3, 0.4) is 0 Å². The van der Waals surface area contributed by atoms with E-state index in [2.05, 4.69) is 24.2 Å². The van der Waals surface area contributed by atoms with Crippen molar-refractivity contribution >= 4 is 5.91 Å². The molecule has 0 saturated carbocycles. The summed E-state index contributed by atoms with van der Waals surface area (Å²) in [4.78, 5) is 14.1. The molecule has 17 heavy (non-hydrogen) atoms. The Balaban J connectivity index is 2.34. The first-order chi connectivity index (χ1) is 8.04. The molecule has 3 atom stereocenters. The van der Waals surface area contributed by atoms with Gasteiger partial charge in [0.1, 0.15) is 0 Å². The lowest BCUT2D eigenvalue weighted by Crippen LogP contribution is -2.52. The number of hydrogen-bond acceptors (Lipinski definition) is 4. The molecule has 3 N–H and O–H groups in total.